The summed E-state index contributed by atoms with van der Waals surface area (Å²) in [6.07, 6.45) is 0. The number of nitrogens with zero attached hydrogens (tertiary/aromatic N) is 3. The molecule has 0 fully saturated rings. The van der Waals surface area contributed by atoms with Crippen LogP contribution in [0.25, 0.3) is 0 Å². The monoisotopic (exact) mass is 289 g/mol. The highest BCUT2D eigenvalue weighted by atomic mass is 35.5. The van der Waals surface area contributed by atoms with Gasteiger partial charge in [-0.1, -0.05) is 23.7 Å². The van der Waals surface area contributed by atoms with Crippen molar-refractivity contribution in [2.45, 2.75) is 6.92 Å². The van der Waals surface area contributed by atoms with Gasteiger partial charge in [0.05, 0.1) is 16.6 Å². The van der Waals surface area contributed by atoms with Crippen LogP contribution in [-0.4, -0.2) is 9.91 Å². The average molecular weight is 290 g/mol. The highest BCUT2D eigenvalue weighted by molar-refractivity contribution is 6.29. The van der Waals surface area contributed by atoms with Crippen LogP contribution in [0.2, 0.25) is 5.15 Å². The van der Waals surface area contributed by atoms with Crippen molar-refractivity contribution in [3.8, 4) is 17.7 Å². The quantitative estimate of drug-likeness (QED) is 0.489. The zero-order valence-corrected chi connectivity index (χ0v) is 11.1. The number of aromatic nitrogens is 1. The Kier molecular flexibility index (Phi) is 3.82. The average Bonchev–Trinajstić information content (AvgIpc) is 2.40. The van der Waals surface area contributed by atoms with E-state index in [1.54, 1.807) is 19.1 Å². The third-order valence-electron chi connectivity index (χ3n) is 2.49. The topological polar surface area (TPSA) is 89.0 Å². The van der Waals surface area contributed by atoms with Gasteiger partial charge in [-0.3, -0.25) is 10.1 Å². The Morgan fingerprint density at radius 3 is 2.85 bits per heavy atom. The van der Waals surface area contributed by atoms with Crippen LogP contribution >= 0.6 is 11.6 Å². The van der Waals surface area contributed by atoms with E-state index in [4.69, 9.17) is 21.6 Å². The van der Waals surface area contributed by atoms with E-state index in [9.17, 15) is 10.1 Å². The van der Waals surface area contributed by atoms with Gasteiger partial charge in [0, 0.05) is 12.1 Å². The van der Waals surface area contributed by atoms with Crippen molar-refractivity contribution in [1.82, 2.24) is 4.98 Å². The molecule has 6 nitrogen and oxygen atoms in total. The Morgan fingerprint density at radius 1 is 1.45 bits per heavy atom. The molecule has 20 heavy (non-hydrogen) atoms. The second kappa shape index (κ2) is 5.55. The van der Waals surface area contributed by atoms with E-state index < -0.39 is 4.92 Å². The number of para-hydroxylation sites is 1. The Morgan fingerprint density at radius 2 is 2.20 bits per heavy atom. The number of ether oxygens (including phenoxy) is 1. The molecular formula is C13H8ClN3O3. The summed E-state index contributed by atoms with van der Waals surface area (Å²) in [5.41, 5.74) is 0.668. The number of hydrogen-bond acceptors (Lipinski definition) is 5. The number of halogens is 1. The maximum absolute atomic E-state index is 11.0. The molecule has 0 atom stereocenters. The first-order valence-corrected chi connectivity index (χ1v) is 5.88. The minimum Gasteiger partial charge on any atom is -0.431 e. The lowest BCUT2D eigenvalue weighted by atomic mass is 10.2. The predicted octanol–water partition coefficient (Wildman–Crippen LogP) is 3.62. The molecule has 0 radical (unpaired) electrons. The smallest absolute Gasteiger partial charge is 0.311 e. The minimum absolute atomic E-state index is 0.0338. The maximum atomic E-state index is 11.0. The largest absolute Gasteiger partial charge is 0.431 e. The van der Waals surface area contributed by atoms with Gasteiger partial charge in [-0.15, -0.1) is 0 Å². The molecule has 0 amide bonds. The normalized spacial score (nSPS) is 9.85. The third kappa shape index (κ3) is 2.84. The van der Waals surface area contributed by atoms with E-state index in [2.05, 4.69) is 4.98 Å². The van der Waals surface area contributed by atoms with Gasteiger partial charge in [0.2, 0.25) is 11.6 Å². The van der Waals surface area contributed by atoms with Gasteiger partial charge in [-0.2, -0.15) is 5.26 Å². The van der Waals surface area contributed by atoms with Crippen molar-refractivity contribution in [1.29, 1.82) is 5.26 Å². The van der Waals surface area contributed by atoms with Crippen molar-refractivity contribution in [2.24, 2.45) is 0 Å². The van der Waals surface area contributed by atoms with Crippen LogP contribution in [-0.2, 0) is 0 Å². The summed E-state index contributed by atoms with van der Waals surface area (Å²) in [5.74, 6) is 0.114. The highest BCUT2D eigenvalue weighted by Gasteiger charge is 2.18. The Labute approximate surface area is 119 Å². The van der Waals surface area contributed by atoms with Gasteiger partial charge >= 0.3 is 5.69 Å². The second-order valence-corrected chi connectivity index (χ2v) is 4.30. The third-order valence-corrected chi connectivity index (χ3v) is 2.69. The number of nitriles is 1. The summed E-state index contributed by atoms with van der Waals surface area (Å²) in [4.78, 5) is 14.3. The summed E-state index contributed by atoms with van der Waals surface area (Å²) < 4.78 is 5.44. The molecule has 0 aliphatic heterocycles. The van der Waals surface area contributed by atoms with Crippen LogP contribution in [0.5, 0.6) is 11.6 Å². The van der Waals surface area contributed by atoms with Gasteiger partial charge in [-0.05, 0) is 18.6 Å². The molecular weight excluding hydrogens is 282 g/mol. The van der Waals surface area contributed by atoms with Crippen molar-refractivity contribution in [2.75, 3.05) is 0 Å². The highest BCUT2D eigenvalue weighted by Crippen LogP contribution is 2.34. The van der Waals surface area contributed by atoms with Gasteiger partial charge in [-0.25, -0.2) is 4.98 Å². The molecule has 0 aliphatic carbocycles. The van der Waals surface area contributed by atoms with Crippen molar-refractivity contribution in [3.63, 3.8) is 0 Å². The Hall–Kier alpha value is -2.65. The van der Waals surface area contributed by atoms with E-state index in [1.165, 1.54) is 18.2 Å². The zero-order chi connectivity index (χ0) is 14.7. The van der Waals surface area contributed by atoms with E-state index in [0.29, 0.717) is 5.56 Å². The molecule has 100 valence electrons. The first-order chi connectivity index (χ1) is 9.51. The van der Waals surface area contributed by atoms with Gasteiger partial charge < -0.3 is 4.74 Å². The van der Waals surface area contributed by atoms with E-state index in [-0.39, 0.29) is 28.0 Å². The molecule has 0 spiro atoms. The standard InChI is InChI=1S/C13H8ClN3O3/c1-8-3-2-4-10(17(18)19)13(8)20-12-6-9(7-15)5-11(14)16-12/h2-6H,1H3. The maximum Gasteiger partial charge on any atom is 0.311 e. The summed E-state index contributed by atoms with van der Waals surface area (Å²) in [6, 6.07) is 9.22. The van der Waals surface area contributed by atoms with E-state index in [1.807, 2.05) is 6.07 Å². The number of nitro groups is 1. The first kappa shape index (κ1) is 13.8. The molecule has 0 unspecified atom stereocenters. The lowest BCUT2D eigenvalue weighted by molar-refractivity contribution is -0.385. The number of nitro benzene ring substituents is 1. The SMILES string of the molecule is Cc1cccc([N+](=O)[O-])c1Oc1cc(C#N)cc(Cl)n1. The summed E-state index contributed by atoms with van der Waals surface area (Å²) in [7, 11) is 0. The van der Waals surface area contributed by atoms with Crippen LogP contribution in [0.15, 0.2) is 30.3 Å². The summed E-state index contributed by atoms with van der Waals surface area (Å²) in [5, 5.41) is 19.9. The number of aryl methyl sites for hydroxylation is 1. The minimum atomic E-state index is -0.544. The number of benzene rings is 1. The molecule has 1 aromatic heterocycles. The molecule has 0 N–H and O–H groups in total. The van der Waals surface area contributed by atoms with E-state index >= 15 is 0 Å². The Balaban J connectivity index is 2.48. The summed E-state index contributed by atoms with van der Waals surface area (Å²) in [6.45, 7) is 1.68. The van der Waals surface area contributed by atoms with Crippen LogP contribution in [0.3, 0.4) is 0 Å². The van der Waals surface area contributed by atoms with Crippen LogP contribution in [0, 0.1) is 28.4 Å². The molecule has 0 saturated heterocycles. The number of hydrogen-bond donors (Lipinski definition) is 0. The van der Waals surface area contributed by atoms with Gasteiger partial charge in [0.25, 0.3) is 0 Å². The first-order valence-electron chi connectivity index (χ1n) is 5.51. The molecule has 2 rings (SSSR count). The molecule has 0 bridgehead atoms. The predicted molar refractivity (Wildman–Crippen MR) is 71.9 cm³/mol. The van der Waals surface area contributed by atoms with Crippen LogP contribution < -0.4 is 4.74 Å². The van der Waals surface area contributed by atoms with Gasteiger partial charge in [0.1, 0.15) is 5.15 Å². The van der Waals surface area contributed by atoms with Crippen molar-refractivity contribution < 1.29 is 9.66 Å². The fourth-order valence-electron chi connectivity index (χ4n) is 1.61. The Bertz CT molecular complexity index is 725. The zero-order valence-electron chi connectivity index (χ0n) is 10.3. The second-order valence-electron chi connectivity index (χ2n) is 3.91. The van der Waals surface area contributed by atoms with Crippen LogP contribution in [0.1, 0.15) is 11.1 Å². The van der Waals surface area contributed by atoms with Crippen molar-refractivity contribution >= 4 is 17.3 Å². The van der Waals surface area contributed by atoms with Gasteiger partial charge in [0.15, 0.2) is 0 Å². The van der Waals surface area contributed by atoms with E-state index in [0.717, 1.165) is 0 Å². The molecule has 7 heteroatoms. The number of pyridine rings is 1. The fraction of sp³-hybridized carbons (Fsp3) is 0.0769. The van der Waals surface area contributed by atoms with Crippen LogP contribution in [0.4, 0.5) is 5.69 Å². The lowest BCUT2D eigenvalue weighted by Crippen LogP contribution is -1.97. The number of rotatable bonds is 3. The molecule has 1 heterocycles. The molecule has 0 aliphatic rings. The fourth-order valence-corrected chi connectivity index (χ4v) is 1.81. The van der Waals surface area contributed by atoms with Crippen molar-refractivity contribution in [3.05, 3.63) is 56.7 Å². The summed E-state index contributed by atoms with van der Waals surface area (Å²) >= 11 is 5.76. The molecule has 0 saturated carbocycles. The molecule has 2 aromatic rings. The lowest BCUT2D eigenvalue weighted by Gasteiger charge is -2.08. The molecule has 1 aromatic carbocycles.